The lowest BCUT2D eigenvalue weighted by atomic mass is 9.92. The van der Waals surface area contributed by atoms with Gasteiger partial charge in [0, 0.05) is 13.6 Å². The van der Waals surface area contributed by atoms with Crippen LogP contribution in [0.5, 0.6) is 0 Å². The van der Waals surface area contributed by atoms with Crippen LogP contribution < -0.4 is 10.6 Å². The lowest BCUT2D eigenvalue weighted by molar-refractivity contribution is -0.128. The molecule has 112 valence electrons. The molecule has 0 aliphatic carbocycles. The topological polar surface area (TPSA) is 80.3 Å². The van der Waals surface area contributed by atoms with Crippen molar-refractivity contribution >= 4 is 28.4 Å². The van der Waals surface area contributed by atoms with Gasteiger partial charge in [0.25, 0.3) is 0 Å². The molecule has 1 rings (SSSR count). The molecule has 0 saturated heterocycles. The maximum absolute atomic E-state index is 11.9. The highest BCUT2D eigenvalue weighted by Gasteiger charge is 2.28. The molecule has 1 aromatic rings. The minimum atomic E-state index is -0.585. The number of carbonyl (C=O) groups is 2. The summed E-state index contributed by atoms with van der Waals surface area (Å²) in [6, 6.07) is 0. The molecule has 7 heteroatoms. The number of nitrogens with one attached hydrogen (secondary N) is 2. The maximum atomic E-state index is 11.9. The van der Waals surface area contributed by atoms with E-state index in [1.807, 2.05) is 13.8 Å². The molecule has 0 fully saturated rings. The summed E-state index contributed by atoms with van der Waals surface area (Å²) in [5, 5.41) is 6.38. The number of esters is 1. The van der Waals surface area contributed by atoms with E-state index in [0.717, 1.165) is 0 Å². The van der Waals surface area contributed by atoms with Crippen molar-refractivity contribution in [2.75, 3.05) is 25.5 Å². The van der Waals surface area contributed by atoms with Crippen molar-refractivity contribution in [3.05, 3.63) is 11.3 Å². The number of hydrogen-bond donors (Lipinski definition) is 2. The van der Waals surface area contributed by atoms with E-state index in [2.05, 4.69) is 15.0 Å². The number of rotatable bonds is 6. The van der Waals surface area contributed by atoms with Crippen molar-refractivity contribution in [1.82, 2.24) is 9.69 Å². The molecule has 20 heavy (non-hydrogen) atoms. The number of aryl methyl sites for hydroxylation is 1. The lowest BCUT2D eigenvalue weighted by Gasteiger charge is -2.23. The Morgan fingerprint density at radius 1 is 1.40 bits per heavy atom. The third kappa shape index (κ3) is 3.69. The van der Waals surface area contributed by atoms with Gasteiger partial charge in [-0.3, -0.25) is 4.79 Å². The fourth-order valence-corrected chi connectivity index (χ4v) is 2.43. The summed E-state index contributed by atoms with van der Waals surface area (Å²) in [7, 11) is 1.60. The third-order valence-electron chi connectivity index (χ3n) is 2.87. The van der Waals surface area contributed by atoms with Gasteiger partial charge in [-0.1, -0.05) is 0 Å². The first-order valence-corrected chi connectivity index (χ1v) is 7.20. The van der Waals surface area contributed by atoms with E-state index in [0.29, 0.717) is 29.4 Å². The van der Waals surface area contributed by atoms with Crippen LogP contribution in [-0.4, -0.2) is 36.4 Å². The van der Waals surface area contributed by atoms with Crippen LogP contribution in [0.4, 0.5) is 5.00 Å². The molecule has 0 spiro atoms. The Hall–Kier alpha value is -1.63. The Morgan fingerprint density at radius 2 is 2.05 bits per heavy atom. The Bertz CT molecular complexity index is 497. The second-order valence-electron chi connectivity index (χ2n) is 5.01. The maximum Gasteiger partial charge on any atom is 0.343 e. The van der Waals surface area contributed by atoms with Gasteiger partial charge in [-0.25, -0.2) is 4.79 Å². The van der Waals surface area contributed by atoms with Gasteiger partial charge in [0.05, 0.1) is 17.7 Å². The van der Waals surface area contributed by atoms with E-state index in [1.165, 1.54) is 11.5 Å². The first kappa shape index (κ1) is 16.4. The molecule has 0 unspecified atom stereocenters. The van der Waals surface area contributed by atoms with Crippen molar-refractivity contribution in [2.45, 2.75) is 27.7 Å². The zero-order valence-corrected chi connectivity index (χ0v) is 13.3. The molecular weight excluding hydrogens is 278 g/mol. The van der Waals surface area contributed by atoms with Crippen LogP contribution in [0.2, 0.25) is 0 Å². The summed E-state index contributed by atoms with van der Waals surface area (Å²) >= 11 is 1.20. The van der Waals surface area contributed by atoms with Gasteiger partial charge >= 0.3 is 5.97 Å². The summed E-state index contributed by atoms with van der Waals surface area (Å²) in [5.41, 5.74) is 0.497. The van der Waals surface area contributed by atoms with Gasteiger partial charge in [0.1, 0.15) is 10.6 Å². The van der Waals surface area contributed by atoms with Gasteiger partial charge in [0.15, 0.2) is 0 Å². The lowest BCUT2D eigenvalue weighted by Crippen LogP contribution is -2.39. The van der Waals surface area contributed by atoms with Crippen molar-refractivity contribution in [1.29, 1.82) is 0 Å². The average molecular weight is 299 g/mol. The number of amides is 1. The van der Waals surface area contributed by atoms with Gasteiger partial charge in [-0.15, -0.1) is 0 Å². The van der Waals surface area contributed by atoms with Crippen LogP contribution in [0, 0.1) is 12.3 Å². The zero-order valence-electron chi connectivity index (χ0n) is 12.5. The first-order valence-electron chi connectivity index (χ1n) is 6.43. The normalized spacial score (nSPS) is 11.1. The fraction of sp³-hybridized carbons (Fsp3) is 0.615. The molecule has 0 atom stereocenters. The molecule has 2 N–H and O–H groups in total. The van der Waals surface area contributed by atoms with Crippen molar-refractivity contribution in [3.63, 3.8) is 0 Å². The number of anilines is 1. The van der Waals surface area contributed by atoms with Gasteiger partial charge in [0.2, 0.25) is 5.91 Å². The average Bonchev–Trinajstić information content (AvgIpc) is 2.77. The van der Waals surface area contributed by atoms with E-state index in [4.69, 9.17) is 4.74 Å². The Balaban J connectivity index is 2.84. The molecule has 0 bridgehead atoms. The largest absolute Gasteiger partial charge is 0.462 e. The second kappa shape index (κ2) is 6.69. The van der Waals surface area contributed by atoms with Crippen LogP contribution in [0.3, 0.4) is 0 Å². The minimum Gasteiger partial charge on any atom is -0.462 e. The Labute approximate surface area is 123 Å². The quantitative estimate of drug-likeness (QED) is 0.783. The zero-order chi connectivity index (χ0) is 15.3. The van der Waals surface area contributed by atoms with Gasteiger partial charge < -0.3 is 15.4 Å². The van der Waals surface area contributed by atoms with Gasteiger partial charge in [-0.05, 0) is 39.2 Å². The highest BCUT2D eigenvalue weighted by molar-refractivity contribution is 7.10. The monoisotopic (exact) mass is 299 g/mol. The molecule has 0 aromatic carbocycles. The van der Waals surface area contributed by atoms with E-state index < -0.39 is 5.41 Å². The fourth-order valence-electron chi connectivity index (χ4n) is 1.65. The summed E-state index contributed by atoms with van der Waals surface area (Å²) in [5.74, 6) is -0.456. The Kier molecular flexibility index (Phi) is 5.50. The number of aromatic nitrogens is 1. The van der Waals surface area contributed by atoms with Crippen molar-refractivity contribution in [3.8, 4) is 0 Å². The number of carbonyl (C=O) groups excluding carboxylic acids is 2. The first-order chi connectivity index (χ1) is 9.33. The van der Waals surface area contributed by atoms with Crippen molar-refractivity contribution < 1.29 is 14.3 Å². The minimum absolute atomic E-state index is 0.0658. The standard InChI is InChI=1S/C13H21N3O3S/c1-6-19-11(17)9-8(2)16-20-10(9)15-7-13(3,4)12(18)14-5/h15H,6-7H2,1-5H3,(H,14,18). The predicted molar refractivity (Wildman–Crippen MR) is 79.1 cm³/mol. The smallest absolute Gasteiger partial charge is 0.343 e. The summed E-state index contributed by atoms with van der Waals surface area (Å²) in [6.07, 6.45) is 0. The van der Waals surface area contributed by atoms with Crippen LogP contribution >= 0.6 is 11.5 Å². The second-order valence-corrected chi connectivity index (χ2v) is 5.78. The summed E-state index contributed by atoms with van der Waals surface area (Å²) < 4.78 is 9.18. The van der Waals surface area contributed by atoms with Crippen LogP contribution in [-0.2, 0) is 9.53 Å². The molecule has 0 saturated carbocycles. The molecule has 1 heterocycles. The number of nitrogens with zero attached hydrogens (tertiary/aromatic N) is 1. The predicted octanol–water partition coefficient (Wildman–Crippen LogP) is 1.81. The van der Waals surface area contributed by atoms with E-state index in [9.17, 15) is 9.59 Å². The molecule has 0 aliphatic heterocycles. The van der Waals surface area contributed by atoms with Crippen LogP contribution in [0.25, 0.3) is 0 Å². The molecule has 1 aromatic heterocycles. The number of hydrogen-bond acceptors (Lipinski definition) is 6. The van der Waals surface area contributed by atoms with Crippen LogP contribution in [0.1, 0.15) is 36.8 Å². The van der Waals surface area contributed by atoms with E-state index >= 15 is 0 Å². The molecule has 0 aliphatic rings. The SMILES string of the molecule is CCOC(=O)c1c(C)nsc1NCC(C)(C)C(=O)NC. The highest BCUT2D eigenvalue weighted by atomic mass is 32.1. The molecule has 6 nitrogen and oxygen atoms in total. The van der Waals surface area contributed by atoms with E-state index in [1.54, 1.807) is 20.9 Å². The van der Waals surface area contributed by atoms with Gasteiger partial charge in [-0.2, -0.15) is 4.37 Å². The summed E-state index contributed by atoms with van der Waals surface area (Å²) in [4.78, 5) is 23.6. The van der Waals surface area contributed by atoms with Crippen molar-refractivity contribution in [2.24, 2.45) is 5.41 Å². The Morgan fingerprint density at radius 3 is 2.60 bits per heavy atom. The molecular formula is C13H21N3O3S. The molecule has 1 amide bonds. The van der Waals surface area contributed by atoms with E-state index in [-0.39, 0.29) is 11.9 Å². The highest BCUT2D eigenvalue weighted by Crippen LogP contribution is 2.27. The van der Waals surface area contributed by atoms with Crippen LogP contribution in [0.15, 0.2) is 0 Å². The molecule has 0 radical (unpaired) electrons. The number of ether oxygens (including phenoxy) is 1. The summed E-state index contributed by atoms with van der Waals surface area (Å²) in [6.45, 7) is 7.90. The third-order valence-corrected chi connectivity index (χ3v) is 3.77.